The minimum Gasteiger partial charge on any atom is -0.496 e. The maximum absolute atomic E-state index is 11.5. The molecule has 1 atom stereocenters. The van der Waals surface area contributed by atoms with Gasteiger partial charge in [0.2, 0.25) is 5.91 Å². The van der Waals surface area contributed by atoms with Crippen LogP contribution in [-0.4, -0.2) is 19.1 Å². The van der Waals surface area contributed by atoms with Gasteiger partial charge in [-0.1, -0.05) is 12.1 Å². The number of ether oxygens (including phenoxy) is 1. The maximum atomic E-state index is 11.5. The number of amides is 1. The van der Waals surface area contributed by atoms with Gasteiger partial charge in [-0.3, -0.25) is 4.79 Å². The van der Waals surface area contributed by atoms with E-state index in [0.29, 0.717) is 19.4 Å². The van der Waals surface area contributed by atoms with Crippen LogP contribution in [0.1, 0.15) is 30.9 Å². The Kier molecular flexibility index (Phi) is 5.65. The molecule has 1 aromatic rings. The van der Waals surface area contributed by atoms with Crippen LogP contribution in [0, 0.1) is 6.92 Å². The van der Waals surface area contributed by atoms with Gasteiger partial charge in [-0.05, 0) is 37.5 Å². The highest BCUT2D eigenvalue weighted by Gasteiger charge is 2.04. The van der Waals surface area contributed by atoms with E-state index in [4.69, 9.17) is 10.5 Å². The van der Waals surface area contributed by atoms with E-state index in [1.54, 1.807) is 7.11 Å². The van der Waals surface area contributed by atoms with Crippen molar-refractivity contribution in [3.05, 3.63) is 29.3 Å². The van der Waals surface area contributed by atoms with E-state index in [2.05, 4.69) is 5.32 Å². The summed E-state index contributed by atoms with van der Waals surface area (Å²) in [5, 5.41) is 2.88. The molecule has 1 amide bonds. The van der Waals surface area contributed by atoms with Gasteiger partial charge in [0.05, 0.1) is 7.11 Å². The van der Waals surface area contributed by atoms with Crippen LogP contribution in [0.15, 0.2) is 18.2 Å². The molecule has 0 heterocycles. The molecule has 0 bridgehead atoms. The summed E-state index contributed by atoms with van der Waals surface area (Å²) in [5.41, 5.74) is 7.75. The number of carbonyl (C=O) groups is 1. The molecule has 0 saturated heterocycles. The van der Waals surface area contributed by atoms with E-state index >= 15 is 0 Å². The van der Waals surface area contributed by atoms with Gasteiger partial charge in [0.15, 0.2) is 0 Å². The summed E-state index contributed by atoms with van der Waals surface area (Å²) >= 11 is 0. The Hall–Kier alpha value is -1.55. The quantitative estimate of drug-likeness (QED) is 0.808. The summed E-state index contributed by atoms with van der Waals surface area (Å²) in [4.78, 5) is 11.5. The van der Waals surface area contributed by atoms with Crippen LogP contribution in [0.25, 0.3) is 0 Å². The number of rotatable bonds is 6. The molecule has 1 unspecified atom stereocenters. The molecule has 18 heavy (non-hydrogen) atoms. The number of carbonyl (C=O) groups excluding carboxylic acids is 1. The maximum Gasteiger partial charge on any atom is 0.220 e. The largest absolute Gasteiger partial charge is 0.496 e. The number of benzene rings is 1. The smallest absolute Gasteiger partial charge is 0.220 e. The Balaban J connectivity index is 2.43. The molecule has 0 radical (unpaired) electrons. The molecule has 0 aliphatic rings. The van der Waals surface area contributed by atoms with Crippen molar-refractivity contribution < 1.29 is 9.53 Å². The predicted octanol–water partition coefficient (Wildman–Crippen LogP) is 1.75. The van der Waals surface area contributed by atoms with Gasteiger partial charge in [-0.15, -0.1) is 0 Å². The zero-order valence-corrected chi connectivity index (χ0v) is 11.3. The van der Waals surface area contributed by atoms with Crippen LogP contribution < -0.4 is 15.8 Å². The zero-order chi connectivity index (χ0) is 13.5. The highest BCUT2D eigenvalue weighted by molar-refractivity contribution is 5.75. The first-order chi connectivity index (χ1) is 8.52. The zero-order valence-electron chi connectivity index (χ0n) is 11.3. The normalized spacial score (nSPS) is 12.0. The summed E-state index contributed by atoms with van der Waals surface area (Å²) in [7, 11) is 1.65. The molecule has 3 N–H and O–H groups in total. The third kappa shape index (κ3) is 4.75. The number of nitrogens with two attached hydrogens (primary N) is 1. The van der Waals surface area contributed by atoms with E-state index in [1.807, 2.05) is 32.0 Å². The van der Waals surface area contributed by atoms with E-state index in [-0.39, 0.29) is 11.9 Å². The van der Waals surface area contributed by atoms with E-state index in [0.717, 1.165) is 16.9 Å². The van der Waals surface area contributed by atoms with Gasteiger partial charge in [-0.25, -0.2) is 0 Å². The van der Waals surface area contributed by atoms with Crippen LogP contribution in [0.2, 0.25) is 0 Å². The standard InChI is InChI=1S/C14H22N2O2/c1-10-8-12(5-6-13(10)18-3)9-16-14(17)7-4-11(2)15/h5-6,8,11H,4,7,9,15H2,1-3H3,(H,16,17). The molecule has 0 spiro atoms. The lowest BCUT2D eigenvalue weighted by molar-refractivity contribution is -0.121. The summed E-state index contributed by atoms with van der Waals surface area (Å²) in [6.07, 6.45) is 1.19. The van der Waals surface area contributed by atoms with E-state index in [1.165, 1.54) is 0 Å². The van der Waals surface area contributed by atoms with Crippen LogP contribution in [0.4, 0.5) is 0 Å². The molecule has 0 aromatic heterocycles. The first-order valence-electron chi connectivity index (χ1n) is 6.18. The van der Waals surface area contributed by atoms with Gasteiger partial charge < -0.3 is 15.8 Å². The molecular weight excluding hydrogens is 228 g/mol. The van der Waals surface area contributed by atoms with Crippen molar-refractivity contribution in [2.45, 2.75) is 39.3 Å². The van der Waals surface area contributed by atoms with Crippen molar-refractivity contribution in [1.29, 1.82) is 0 Å². The predicted molar refractivity (Wildman–Crippen MR) is 72.5 cm³/mol. The Morgan fingerprint density at radius 2 is 2.22 bits per heavy atom. The van der Waals surface area contributed by atoms with Crippen LogP contribution >= 0.6 is 0 Å². The fourth-order valence-electron chi connectivity index (χ4n) is 1.70. The second kappa shape index (κ2) is 7.01. The summed E-state index contributed by atoms with van der Waals surface area (Å²) < 4.78 is 5.19. The summed E-state index contributed by atoms with van der Waals surface area (Å²) in [5.74, 6) is 0.905. The van der Waals surface area contributed by atoms with Crippen LogP contribution in [0.5, 0.6) is 5.75 Å². The van der Waals surface area contributed by atoms with Gasteiger partial charge >= 0.3 is 0 Å². The monoisotopic (exact) mass is 250 g/mol. The average molecular weight is 250 g/mol. The lowest BCUT2D eigenvalue weighted by Gasteiger charge is -2.09. The van der Waals surface area contributed by atoms with Gasteiger partial charge in [0.25, 0.3) is 0 Å². The Morgan fingerprint density at radius 3 is 2.78 bits per heavy atom. The van der Waals surface area contributed by atoms with Crippen molar-refractivity contribution in [3.8, 4) is 5.75 Å². The molecule has 1 rings (SSSR count). The lowest BCUT2D eigenvalue weighted by atomic mass is 10.1. The van der Waals surface area contributed by atoms with Crippen LogP contribution in [-0.2, 0) is 11.3 Å². The third-order valence-electron chi connectivity index (χ3n) is 2.78. The number of methoxy groups -OCH3 is 1. The Morgan fingerprint density at radius 1 is 1.50 bits per heavy atom. The summed E-state index contributed by atoms with van der Waals surface area (Å²) in [6.45, 7) is 4.43. The van der Waals surface area contributed by atoms with Gasteiger partial charge in [0, 0.05) is 19.0 Å². The van der Waals surface area contributed by atoms with Gasteiger partial charge in [0.1, 0.15) is 5.75 Å². The second-order valence-corrected chi connectivity index (χ2v) is 4.60. The topological polar surface area (TPSA) is 64.3 Å². The molecule has 4 heteroatoms. The molecule has 0 fully saturated rings. The first-order valence-corrected chi connectivity index (χ1v) is 6.18. The van der Waals surface area contributed by atoms with E-state index < -0.39 is 0 Å². The van der Waals surface area contributed by atoms with Crippen LogP contribution in [0.3, 0.4) is 0 Å². The molecule has 1 aromatic carbocycles. The number of nitrogens with one attached hydrogen (secondary N) is 1. The average Bonchev–Trinajstić information content (AvgIpc) is 2.34. The first kappa shape index (κ1) is 14.5. The molecule has 0 saturated carbocycles. The number of aryl methyl sites for hydroxylation is 1. The van der Waals surface area contributed by atoms with Crippen molar-refractivity contribution in [1.82, 2.24) is 5.32 Å². The number of hydrogen-bond donors (Lipinski definition) is 2. The molecule has 100 valence electrons. The van der Waals surface area contributed by atoms with Crippen molar-refractivity contribution in [2.75, 3.05) is 7.11 Å². The fourth-order valence-corrected chi connectivity index (χ4v) is 1.70. The fraction of sp³-hybridized carbons (Fsp3) is 0.500. The highest BCUT2D eigenvalue weighted by Crippen LogP contribution is 2.18. The van der Waals surface area contributed by atoms with Gasteiger partial charge in [-0.2, -0.15) is 0 Å². The lowest BCUT2D eigenvalue weighted by Crippen LogP contribution is -2.25. The molecule has 4 nitrogen and oxygen atoms in total. The summed E-state index contributed by atoms with van der Waals surface area (Å²) in [6, 6.07) is 5.96. The molecule has 0 aliphatic carbocycles. The Bertz CT molecular complexity index is 403. The van der Waals surface area contributed by atoms with Crippen molar-refractivity contribution in [2.24, 2.45) is 5.73 Å². The minimum atomic E-state index is 0.0424. The SMILES string of the molecule is COc1ccc(CNC(=O)CCC(C)N)cc1C. The third-order valence-corrected chi connectivity index (χ3v) is 2.78. The molecular formula is C14H22N2O2. The number of hydrogen-bond acceptors (Lipinski definition) is 3. The van der Waals surface area contributed by atoms with Crippen molar-refractivity contribution >= 4 is 5.91 Å². The molecule has 0 aliphatic heterocycles. The minimum absolute atomic E-state index is 0.0424. The van der Waals surface area contributed by atoms with E-state index in [9.17, 15) is 4.79 Å². The Labute approximate surface area is 109 Å². The second-order valence-electron chi connectivity index (χ2n) is 4.60. The highest BCUT2D eigenvalue weighted by atomic mass is 16.5. The van der Waals surface area contributed by atoms with Crippen molar-refractivity contribution in [3.63, 3.8) is 0 Å².